The number of hydrogen-bond donors (Lipinski definition) is 3. The largest absolute Gasteiger partial charge is 0.478 e. The first kappa shape index (κ1) is 15.7. The van der Waals surface area contributed by atoms with Crippen molar-refractivity contribution in [2.75, 3.05) is 5.32 Å². The number of carbonyl (C=O) groups is 2. The van der Waals surface area contributed by atoms with Crippen molar-refractivity contribution in [3.63, 3.8) is 0 Å². The smallest absolute Gasteiger partial charge is 0.337 e. The van der Waals surface area contributed by atoms with Gasteiger partial charge in [0, 0.05) is 4.47 Å². The van der Waals surface area contributed by atoms with Crippen LogP contribution in [0.25, 0.3) is 0 Å². The Hall–Kier alpha value is -1.40. The minimum absolute atomic E-state index is 0.0273. The second kappa shape index (κ2) is 6.68. The Morgan fingerprint density at radius 1 is 1.42 bits per heavy atom. The summed E-state index contributed by atoms with van der Waals surface area (Å²) >= 11 is 3.23. The first-order valence-electron chi connectivity index (χ1n) is 5.91. The zero-order valence-electron chi connectivity index (χ0n) is 10.8. The number of amides is 1. The SMILES string of the molecule is CC(C)C[C@H](N)C(=O)Nc1c(Br)cccc1C(=O)O. The summed E-state index contributed by atoms with van der Waals surface area (Å²) in [6, 6.07) is 4.03. The van der Waals surface area contributed by atoms with Crippen LogP contribution in [0.1, 0.15) is 30.6 Å². The third kappa shape index (κ3) is 4.33. The molecule has 0 heterocycles. The van der Waals surface area contributed by atoms with Crippen molar-refractivity contribution >= 4 is 33.5 Å². The predicted octanol–water partition coefficient (Wildman–Crippen LogP) is 2.46. The number of nitrogens with one attached hydrogen (secondary N) is 1. The van der Waals surface area contributed by atoms with E-state index in [2.05, 4.69) is 21.2 Å². The van der Waals surface area contributed by atoms with Gasteiger partial charge in [0.2, 0.25) is 5.91 Å². The molecule has 0 spiro atoms. The molecule has 1 aromatic rings. The normalized spacial score (nSPS) is 12.3. The van der Waals surface area contributed by atoms with Gasteiger partial charge in [0.05, 0.1) is 17.3 Å². The molecule has 0 bridgehead atoms. The summed E-state index contributed by atoms with van der Waals surface area (Å²) < 4.78 is 0.512. The number of carboxylic acid groups (broad SMARTS) is 1. The van der Waals surface area contributed by atoms with E-state index in [4.69, 9.17) is 10.8 Å². The molecule has 0 saturated heterocycles. The quantitative estimate of drug-likeness (QED) is 0.774. The summed E-state index contributed by atoms with van der Waals surface area (Å²) in [4.78, 5) is 23.0. The molecule has 0 fully saturated rings. The van der Waals surface area contributed by atoms with Crippen LogP contribution in [-0.4, -0.2) is 23.0 Å². The highest BCUT2D eigenvalue weighted by Gasteiger charge is 2.19. The number of anilines is 1. The third-order valence-electron chi connectivity index (χ3n) is 2.55. The van der Waals surface area contributed by atoms with Crippen LogP contribution >= 0.6 is 15.9 Å². The van der Waals surface area contributed by atoms with E-state index in [-0.39, 0.29) is 17.2 Å². The van der Waals surface area contributed by atoms with Gasteiger partial charge in [0.1, 0.15) is 0 Å². The molecule has 0 radical (unpaired) electrons. The van der Waals surface area contributed by atoms with Gasteiger partial charge in [-0.2, -0.15) is 0 Å². The number of benzene rings is 1. The number of para-hydroxylation sites is 1. The van der Waals surface area contributed by atoms with Crippen LogP contribution in [0.4, 0.5) is 5.69 Å². The summed E-state index contributed by atoms with van der Waals surface area (Å²) in [6.45, 7) is 3.93. The first-order valence-corrected chi connectivity index (χ1v) is 6.70. The molecule has 1 atom stereocenters. The van der Waals surface area contributed by atoms with Crippen molar-refractivity contribution in [1.82, 2.24) is 0 Å². The van der Waals surface area contributed by atoms with E-state index >= 15 is 0 Å². The Kier molecular flexibility index (Phi) is 5.50. The lowest BCUT2D eigenvalue weighted by Crippen LogP contribution is -2.37. The lowest BCUT2D eigenvalue weighted by atomic mass is 10.0. The lowest BCUT2D eigenvalue weighted by molar-refractivity contribution is -0.117. The molecular weight excluding hydrogens is 312 g/mol. The van der Waals surface area contributed by atoms with Gasteiger partial charge in [-0.1, -0.05) is 19.9 Å². The number of carboxylic acids is 1. The van der Waals surface area contributed by atoms with Crippen LogP contribution in [0.5, 0.6) is 0 Å². The Labute approximate surface area is 120 Å². The molecule has 0 aliphatic carbocycles. The highest BCUT2D eigenvalue weighted by atomic mass is 79.9. The molecule has 19 heavy (non-hydrogen) atoms. The van der Waals surface area contributed by atoms with E-state index in [0.29, 0.717) is 16.8 Å². The molecule has 6 heteroatoms. The molecule has 1 aromatic carbocycles. The summed E-state index contributed by atoms with van der Waals surface area (Å²) in [5, 5.41) is 11.7. The molecule has 5 nitrogen and oxygen atoms in total. The molecule has 1 amide bonds. The molecule has 4 N–H and O–H groups in total. The van der Waals surface area contributed by atoms with Gasteiger partial charge in [0.25, 0.3) is 0 Å². The Morgan fingerprint density at radius 2 is 2.05 bits per heavy atom. The number of carbonyl (C=O) groups excluding carboxylic acids is 1. The number of hydrogen-bond acceptors (Lipinski definition) is 3. The molecule has 0 aromatic heterocycles. The topological polar surface area (TPSA) is 92.4 Å². The van der Waals surface area contributed by atoms with E-state index in [1.807, 2.05) is 13.8 Å². The average molecular weight is 329 g/mol. The zero-order valence-corrected chi connectivity index (χ0v) is 12.4. The van der Waals surface area contributed by atoms with Gasteiger partial charge in [-0.3, -0.25) is 4.79 Å². The molecule has 1 rings (SSSR count). The van der Waals surface area contributed by atoms with Crippen molar-refractivity contribution < 1.29 is 14.7 Å². The van der Waals surface area contributed by atoms with Crippen LogP contribution < -0.4 is 11.1 Å². The van der Waals surface area contributed by atoms with E-state index in [9.17, 15) is 9.59 Å². The van der Waals surface area contributed by atoms with Crippen molar-refractivity contribution in [3.05, 3.63) is 28.2 Å². The number of halogens is 1. The van der Waals surface area contributed by atoms with Crippen molar-refractivity contribution in [2.24, 2.45) is 11.7 Å². The van der Waals surface area contributed by atoms with E-state index in [1.54, 1.807) is 12.1 Å². The van der Waals surface area contributed by atoms with Gasteiger partial charge in [-0.05, 0) is 40.4 Å². The van der Waals surface area contributed by atoms with Gasteiger partial charge in [0.15, 0.2) is 0 Å². The molecule has 0 aliphatic rings. The standard InChI is InChI=1S/C13H17BrN2O3/c1-7(2)6-10(15)12(17)16-11-8(13(18)19)4-3-5-9(11)14/h3-5,7,10H,6,15H2,1-2H3,(H,16,17)(H,18,19)/t10-/m0/s1. The Balaban J connectivity index is 2.93. The maximum atomic E-state index is 11.9. The van der Waals surface area contributed by atoms with Gasteiger partial charge in [-0.25, -0.2) is 4.79 Å². The van der Waals surface area contributed by atoms with Gasteiger partial charge >= 0.3 is 5.97 Å². The summed E-state index contributed by atoms with van der Waals surface area (Å²) in [5.41, 5.74) is 6.03. The molecule has 0 unspecified atom stereocenters. The second-order valence-electron chi connectivity index (χ2n) is 4.69. The van der Waals surface area contributed by atoms with Crippen LogP contribution in [0.2, 0.25) is 0 Å². The van der Waals surface area contributed by atoms with Crippen LogP contribution in [0.3, 0.4) is 0 Å². The van der Waals surface area contributed by atoms with E-state index in [1.165, 1.54) is 6.07 Å². The monoisotopic (exact) mass is 328 g/mol. The molecule has 104 valence electrons. The highest BCUT2D eigenvalue weighted by molar-refractivity contribution is 9.10. The predicted molar refractivity (Wildman–Crippen MR) is 77.2 cm³/mol. The lowest BCUT2D eigenvalue weighted by Gasteiger charge is -2.16. The summed E-state index contributed by atoms with van der Waals surface area (Å²) in [7, 11) is 0. The second-order valence-corrected chi connectivity index (χ2v) is 5.55. The van der Waals surface area contributed by atoms with Gasteiger partial charge in [-0.15, -0.1) is 0 Å². The molecule has 0 aliphatic heterocycles. The summed E-state index contributed by atoms with van der Waals surface area (Å²) in [5.74, 6) is -1.20. The fourth-order valence-electron chi connectivity index (χ4n) is 1.66. The van der Waals surface area contributed by atoms with E-state index in [0.717, 1.165) is 0 Å². The highest BCUT2D eigenvalue weighted by Crippen LogP contribution is 2.26. The third-order valence-corrected chi connectivity index (χ3v) is 3.22. The fraction of sp³-hybridized carbons (Fsp3) is 0.385. The van der Waals surface area contributed by atoms with Crippen molar-refractivity contribution in [2.45, 2.75) is 26.3 Å². The molecule has 0 saturated carbocycles. The number of nitrogens with two attached hydrogens (primary N) is 1. The molecular formula is C13H17BrN2O3. The van der Waals surface area contributed by atoms with Crippen LogP contribution in [0, 0.1) is 5.92 Å². The van der Waals surface area contributed by atoms with Crippen LogP contribution in [0.15, 0.2) is 22.7 Å². The minimum Gasteiger partial charge on any atom is -0.478 e. The Morgan fingerprint density at radius 3 is 2.58 bits per heavy atom. The van der Waals surface area contributed by atoms with Crippen molar-refractivity contribution in [1.29, 1.82) is 0 Å². The fourth-order valence-corrected chi connectivity index (χ4v) is 2.13. The van der Waals surface area contributed by atoms with E-state index < -0.39 is 12.0 Å². The maximum absolute atomic E-state index is 11.9. The number of aromatic carboxylic acids is 1. The minimum atomic E-state index is -1.10. The Bertz CT molecular complexity index is 489. The van der Waals surface area contributed by atoms with Gasteiger partial charge < -0.3 is 16.2 Å². The average Bonchev–Trinajstić information content (AvgIpc) is 2.30. The number of rotatable bonds is 5. The maximum Gasteiger partial charge on any atom is 0.337 e. The van der Waals surface area contributed by atoms with Crippen LogP contribution in [-0.2, 0) is 4.79 Å². The first-order chi connectivity index (χ1) is 8.82. The van der Waals surface area contributed by atoms with Crippen molar-refractivity contribution in [3.8, 4) is 0 Å². The summed E-state index contributed by atoms with van der Waals surface area (Å²) in [6.07, 6.45) is 0.540. The zero-order chi connectivity index (χ0) is 14.6.